The van der Waals surface area contributed by atoms with Gasteiger partial charge in [-0.05, 0) is 0 Å². The summed E-state index contributed by atoms with van der Waals surface area (Å²) in [6.07, 6.45) is 4.56. The van der Waals surface area contributed by atoms with Crippen molar-refractivity contribution in [2.45, 2.75) is 77.8 Å². The van der Waals surface area contributed by atoms with Gasteiger partial charge in [0.05, 0.1) is 0 Å². The molecule has 0 spiro atoms. The molecule has 0 N–H and O–H groups in total. The molecular weight excluding hydrogens is 243 g/mol. The zero-order valence-corrected chi connectivity index (χ0v) is 16.7. The second kappa shape index (κ2) is 26.8. The monoisotopic (exact) mass is 279 g/mol. The van der Waals surface area contributed by atoms with Crippen molar-refractivity contribution < 1.29 is 0 Å². The van der Waals surface area contributed by atoms with Gasteiger partial charge in [0.2, 0.25) is 15.2 Å². The molecule has 0 atom stereocenters. The Hall–Kier alpha value is 1.30. The van der Waals surface area contributed by atoms with Crippen LogP contribution in [-0.2, 0) is 0 Å². The summed E-state index contributed by atoms with van der Waals surface area (Å²) >= 11 is 0.755. The first-order valence-electron chi connectivity index (χ1n) is 7.36. The maximum Gasteiger partial charge on any atom is 2.00 e. The van der Waals surface area contributed by atoms with Crippen molar-refractivity contribution in [3.05, 3.63) is 13.8 Å². The van der Waals surface area contributed by atoms with E-state index in [9.17, 15) is 0 Å². The van der Waals surface area contributed by atoms with Crippen LogP contribution in [0.1, 0.15) is 67.2 Å². The van der Waals surface area contributed by atoms with Crippen LogP contribution in [0.5, 0.6) is 0 Å². The molecule has 0 aliphatic heterocycles. The fourth-order valence-corrected chi connectivity index (χ4v) is 2.29. The Labute approximate surface area is 141 Å². The van der Waals surface area contributed by atoms with Crippen LogP contribution in [0, 0.1) is 25.7 Å². The predicted molar refractivity (Wildman–Crippen MR) is 91.3 cm³/mol. The first-order valence-corrected chi connectivity index (χ1v) is 8.99. The van der Waals surface area contributed by atoms with Crippen molar-refractivity contribution in [1.82, 2.24) is 0 Å². The second-order valence-corrected chi connectivity index (χ2v) is 6.78. The van der Waals surface area contributed by atoms with Crippen LogP contribution >= 0.6 is 0 Å². The summed E-state index contributed by atoms with van der Waals surface area (Å²) in [5.74, 6) is 1.86. The molecule has 0 aliphatic carbocycles. The van der Waals surface area contributed by atoms with Crippen LogP contribution in [-0.4, -0.2) is 38.3 Å². The van der Waals surface area contributed by atoms with Crippen LogP contribution in [0.25, 0.3) is 0 Å². The van der Waals surface area contributed by atoms with E-state index < -0.39 is 0 Å². The van der Waals surface area contributed by atoms with E-state index in [0.29, 0.717) is 0 Å². The Morgan fingerprint density at radius 2 is 1.00 bits per heavy atom. The molecule has 0 rings (SSSR count). The fraction of sp³-hybridized carbons (Fsp3) is 0.875. The first kappa shape index (κ1) is 27.6. The van der Waals surface area contributed by atoms with Gasteiger partial charge in [-0.2, -0.15) is 12.8 Å². The van der Waals surface area contributed by atoms with Gasteiger partial charge in [0.15, 0.2) is 0 Å². The summed E-state index contributed by atoms with van der Waals surface area (Å²) in [5.41, 5.74) is 0. The topological polar surface area (TPSA) is 0 Å². The van der Waals surface area contributed by atoms with E-state index in [0.717, 1.165) is 39.9 Å². The van der Waals surface area contributed by atoms with Crippen LogP contribution in [0.3, 0.4) is 0 Å². The van der Waals surface area contributed by atoms with Crippen LogP contribution < -0.4 is 0 Å². The largest absolute Gasteiger partial charge is 2.00 e. The van der Waals surface area contributed by atoms with E-state index in [-0.39, 0.29) is 23.1 Å². The summed E-state index contributed by atoms with van der Waals surface area (Å²) < 4.78 is 0. The quantitative estimate of drug-likeness (QED) is 0.432. The van der Waals surface area contributed by atoms with Gasteiger partial charge in [-0.15, -0.1) is 10.6 Å². The minimum atomic E-state index is 0. The third-order valence-electron chi connectivity index (χ3n) is 1.98. The molecule has 0 heterocycles. The van der Waals surface area contributed by atoms with E-state index in [1.807, 2.05) is 0 Å². The fourth-order valence-electron chi connectivity index (χ4n) is 0.763. The molecule has 1 radical (unpaired) electrons. The third-order valence-corrected chi connectivity index (χ3v) is 4.54. The van der Waals surface area contributed by atoms with Gasteiger partial charge in [-0.1, -0.05) is 66.2 Å². The average molecular weight is 280 g/mol. The Morgan fingerprint density at radius 1 is 0.778 bits per heavy atom. The molecule has 0 aromatic heterocycles. The maximum absolute atomic E-state index is 3.60. The predicted octanol–water partition coefficient (Wildman–Crippen LogP) is 5.70. The number of unbranched alkanes of at least 4 members (excludes halogenated alkanes) is 2. The van der Waals surface area contributed by atoms with Gasteiger partial charge in [0, 0.05) is 0 Å². The van der Waals surface area contributed by atoms with Crippen molar-refractivity contribution in [3.8, 4) is 0 Å². The van der Waals surface area contributed by atoms with Crippen LogP contribution in [0.4, 0.5) is 0 Å². The molecule has 0 aromatic carbocycles. The zero-order valence-electron chi connectivity index (χ0n) is 14.1. The molecule has 0 aromatic rings. The molecule has 0 unspecified atom stereocenters. The molecule has 0 fully saturated rings. The van der Waals surface area contributed by atoms with E-state index in [4.69, 9.17) is 0 Å². The average Bonchev–Trinajstić information content (AvgIpc) is 2.29. The van der Waals surface area contributed by atoms with Crippen molar-refractivity contribution in [3.63, 3.8) is 0 Å². The van der Waals surface area contributed by atoms with Gasteiger partial charge < -0.3 is 13.8 Å². The van der Waals surface area contributed by atoms with E-state index in [2.05, 4.69) is 55.4 Å². The Bertz CT molecular complexity index is 87.3. The molecule has 0 saturated carbocycles. The summed E-state index contributed by atoms with van der Waals surface area (Å²) in [5, 5.41) is 2.97. The zero-order chi connectivity index (χ0) is 14.1. The van der Waals surface area contributed by atoms with E-state index in [1.54, 1.807) is 0 Å². The number of rotatable bonds is 6. The molecule has 0 bridgehead atoms. The SMILES string of the molecule is CC(C)[CH2][Al][CH2]C(C)C.[CH2-]CCC.[CH2-]CCC.[Mg+2]. The molecule has 0 nitrogen and oxygen atoms in total. The standard InChI is InChI=1S/4C4H9.Al.Mg/c2*1-4(2)3;2*1-3-4-2;;/h2*4H,1H2,2-3H3;2*1,3-4H2,2H3;;/q;;2*-1;;+2. The molecule has 18 heavy (non-hydrogen) atoms. The van der Waals surface area contributed by atoms with Crippen molar-refractivity contribution in [2.24, 2.45) is 11.8 Å². The van der Waals surface area contributed by atoms with Gasteiger partial charge in [0.1, 0.15) is 0 Å². The molecule has 2 heteroatoms. The summed E-state index contributed by atoms with van der Waals surface area (Å²) in [6, 6.07) is 0. The molecule has 0 amide bonds. The van der Waals surface area contributed by atoms with Gasteiger partial charge in [0.25, 0.3) is 0 Å². The van der Waals surface area contributed by atoms with E-state index >= 15 is 0 Å². The molecule has 105 valence electrons. The first-order chi connectivity index (χ1) is 7.95. The third kappa shape index (κ3) is 53.1. The van der Waals surface area contributed by atoms with Gasteiger partial charge in [-0.25, -0.2) is 0 Å². The minimum Gasteiger partial charge on any atom is -0.343 e. The van der Waals surface area contributed by atoms with Gasteiger partial charge in [-0.3, -0.25) is 0 Å². The summed E-state index contributed by atoms with van der Waals surface area (Å²) in [4.78, 5) is 0. The number of hydrogen-bond donors (Lipinski definition) is 0. The Kier molecular flexibility index (Phi) is 41.1. The van der Waals surface area contributed by atoms with Crippen molar-refractivity contribution >= 4 is 38.3 Å². The van der Waals surface area contributed by atoms with Crippen LogP contribution in [0.2, 0.25) is 10.6 Å². The normalized spacial score (nSPS) is 8.78. The molecule has 0 saturated heterocycles. The van der Waals surface area contributed by atoms with Crippen molar-refractivity contribution in [1.29, 1.82) is 0 Å². The smallest absolute Gasteiger partial charge is 0.343 e. The van der Waals surface area contributed by atoms with E-state index in [1.165, 1.54) is 23.4 Å². The van der Waals surface area contributed by atoms with Gasteiger partial charge >= 0.3 is 23.1 Å². The minimum absolute atomic E-state index is 0. The summed E-state index contributed by atoms with van der Waals surface area (Å²) in [7, 11) is 0. The van der Waals surface area contributed by atoms with Crippen LogP contribution in [0.15, 0.2) is 0 Å². The Balaban J connectivity index is -0.0000000922. The molecular formula is C16H36AlMg. The van der Waals surface area contributed by atoms with Crippen molar-refractivity contribution in [2.75, 3.05) is 0 Å². The Morgan fingerprint density at radius 3 is 1.11 bits per heavy atom. The maximum atomic E-state index is 3.60. The number of hydrogen-bond acceptors (Lipinski definition) is 0. The molecule has 0 aliphatic rings. The second-order valence-electron chi connectivity index (χ2n) is 5.25. The summed E-state index contributed by atoms with van der Waals surface area (Å²) in [6.45, 7) is 20.7.